The first kappa shape index (κ1) is 15.0. The molecule has 0 unspecified atom stereocenters. The van der Waals surface area contributed by atoms with Crippen molar-refractivity contribution < 1.29 is 14.3 Å². The van der Waals surface area contributed by atoms with E-state index in [4.69, 9.17) is 9.47 Å². The summed E-state index contributed by atoms with van der Waals surface area (Å²) in [5.74, 6) is 1.43. The molecule has 0 radical (unpaired) electrons. The molecule has 110 valence electrons. The number of carbonyl (C=O) groups excluding carboxylic acids is 1. The van der Waals surface area contributed by atoms with Crippen LogP contribution in [0.25, 0.3) is 0 Å². The third-order valence-corrected chi connectivity index (χ3v) is 4.41. The van der Waals surface area contributed by atoms with Crippen molar-refractivity contribution in [3.05, 3.63) is 0 Å². The second-order valence-corrected chi connectivity index (χ2v) is 5.49. The molecule has 19 heavy (non-hydrogen) atoms. The molecule has 0 aromatic heterocycles. The summed E-state index contributed by atoms with van der Waals surface area (Å²) in [6.45, 7) is 5.75. The summed E-state index contributed by atoms with van der Waals surface area (Å²) in [6.07, 6.45) is 1.85. The van der Waals surface area contributed by atoms with Crippen molar-refractivity contribution in [2.75, 3.05) is 46.0 Å². The molecular formula is C13H23ClN2O3. The molecule has 1 N–H and O–H groups in total. The van der Waals surface area contributed by atoms with Gasteiger partial charge >= 0.3 is 0 Å². The van der Waals surface area contributed by atoms with Crippen LogP contribution in [0.5, 0.6) is 0 Å². The Hall–Kier alpha value is -0.360. The molecule has 0 aromatic rings. The Bertz CT molecular complexity index is 310. The largest absolute Gasteiger partial charge is 0.378 e. The van der Waals surface area contributed by atoms with Crippen LogP contribution in [0.3, 0.4) is 0 Å². The van der Waals surface area contributed by atoms with Crippen LogP contribution < -0.4 is 5.32 Å². The molecule has 3 saturated heterocycles. The van der Waals surface area contributed by atoms with Gasteiger partial charge in [0.25, 0.3) is 0 Å². The fraction of sp³-hybridized carbons (Fsp3) is 0.923. The number of hydrogen-bond acceptors (Lipinski definition) is 4. The lowest BCUT2D eigenvalue weighted by Gasteiger charge is -2.30. The number of nitrogens with one attached hydrogen (secondary N) is 1. The van der Waals surface area contributed by atoms with Crippen LogP contribution in [0.15, 0.2) is 0 Å². The zero-order chi connectivity index (χ0) is 12.4. The molecule has 0 aromatic carbocycles. The van der Waals surface area contributed by atoms with Gasteiger partial charge in [0, 0.05) is 25.6 Å². The average Bonchev–Trinajstić information content (AvgIpc) is 2.83. The van der Waals surface area contributed by atoms with Gasteiger partial charge in [0.1, 0.15) is 0 Å². The van der Waals surface area contributed by atoms with Crippen molar-refractivity contribution in [1.29, 1.82) is 0 Å². The zero-order valence-corrected chi connectivity index (χ0v) is 12.0. The van der Waals surface area contributed by atoms with Crippen molar-refractivity contribution >= 4 is 18.3 Å². The molecule has 5 nitrogen and oxygen atoms in total. The van der Waals surface area contributed by atoms with Gasteiger partial charge in [-0.05, 0) is 18.9 Å². The van der Waals surface area contributed by atoms with Gasteiger partial charge < -0.3 is 19.7 Å². The first-order valence-electron chi connectivity index (χ1n) is 7.02. The van der Waals surface area contributed by atoms with E-state index in [0.29, 0.717) is 31.5 Å². The first-order valence-corrected chi connectivity index (χ1v) is 7.02. The molecule has 1 amide bonds. The number of morpholine rings is 1. The number of nitrogens with zero attached hydrogens (tertiary/aromatic N) is 1. The standard InChI is InChI=1S/C13H22N2O3.ClH/c16-13(15-3-5-17-6-4-15)7-12-11-1-2-14-8-10(11)9-18-12;/h10-12,14H,1-9H2;1H/t10-,11-,12+;/m1./s1. The maximum atomic E-state index is 12.2. The highest BCUT2D eigenvalue weighted by molar-refractivity contribution is 5.85. The molecule has 3 aliphatic heterocycles. The van der Waals surface area contributed by atoms with Crippen LogP contribution in [0.4, 0.5) is 0 Å². The van der Waals surface area contributed by atoms with E-state index in [9.17, 15) is 4.79 Å². The number of amides is 1. The Labute approximate surface area is 120 Å². The van der Waals surface area contributed by atoms with Crippen LogP contribution in [0, 0.1) is 11.8 Å². The monoisotopic (exact) mass is 290 g/mol. The third-order valence-electron chi connectivity index (χ3n) is 4.41. The second-order valence-electron chi connectivity index (χ2n) is 5.49. The first-order chi connectivity index (χ1) is 8.84. The van der Waals surface area contributed by atoms with Crippen LogP contribution in [-0.2, 0) is 14.3 Å². The Kier molecular flexibility index (Phi) is 5.45. The number of fused-ring (bicyclic) bond motifs is 1. The van der Waals surface area contributed by atoms with Gasteiger partial charge in [-0.15, -0.1) is 12.4 Å². The van der Waals surface area contributed by atoms with Gasteiger partial charge in [0.05, 0.1) is 32.3 Å². The van der Waals surface area contributed by atoms with Gasteiger partial charge in [-0.3, -0.25) is 4.79 Å². The Morgan fingerprint density at radius 1 is 1.32 bits per heavy atom. The molecule has 3 aliphatic rings. The van der Waals surface area contributed by atoms with Crippen LogP contribution in [-0.4, -0.2) is 62.9 Å². The van der Waals surface area contributed by atoms with Crippen LogP contribution in [0.1, 0.15) is 12.8 Å². The number of rotatable bonds is 2. The van der Waals surface area contributed by atoms with E-state index >= 15 is 0 Å². The van der Waals surface area contributed by atoms with Gasteiger partial charge in [-0.25, -0.2) is 0 Å². The third kappa shape index (κ3) is 3.40. The highest BCUT2D eigenvalue weighted by Gasteiger charge is 2.39. The smallest absolute Gasteiger partial charge is 0.225 e. The van der Waals surface area contributed by atoms with Gasteiger partial charge in [-0.1, -0.05) is 0 Å². The van der Waals surface area contributed by atoms with Crippen molar-refractivity contribution in [2.45, 2.75) is 18.9 Å². The van der Waals surface area contributed by atoms with Gasteiger partial charge in [0.15, 0.2) is 0 Å². The number of halogens is 1. The minimum absolute atomic E-state index is 0. The lowest BCUT2D eigenvalue weighted by molar-refractivity contribution is -0.138. The highest BCUT2D eigenvalue weighted by Crippen LogP contribution is 2.33. The predicted octanol–water partition coefficient (Wildman–Crippen LogP) is 0.282. The lowest BCUT2D eigenvalue weighted by Crippen LogP contribution is -2.43. The number of hydrogen-bond donors (Lipinski definition) is 1. The quantitative estimate of drug-likeness (QED) is 0.794. The predicted molar refractivity (Wildman–Crippen MR) is 73.5 cm³/mol. The van der Waals surface area contributed by atoms with E-state index in [2.05, 4.69) is 5.32 Å². The average molecular weight is 291 g/mol. The fourth-order valence-corrected chi connectivity index (χ4v) is 3.31. The molecule has 0 spiro atoms. The Morgan fingerprint density at radius 3 is 2.89 bits per heavy atom. The van der Waals surface area contributed by atoms with E-state index in [1.807, 2.05) is 4.90 Å². The van der Waals surface area contributed by atoms with Gasteiger partial charge in [0.2, 0.25) is 5.91 Å². The summed E-state index contributed by atoms with van der Waals surface area (Å²) in [7, 11) is 0. The SMILES string of the molecule is Cl.O=C(C[C@@H]1OC[C@H]2CNCC[C@H]21)N1CCOCC1. The van der Waals surface area contributed by atoms with Crippen molar-refractivity contribution in [3.63, 3.8) is 0 Å². The van der Waals surface area contributed by atoms with Crippen molar-refractivity contribution in [1.82, 2.24) is 10.2 Å². The molecular weight excluding hydrogens is 268 g/mol. The van der Waals surface area contributed by atoms with Crippen LogP contribution in [0.2, 0.25) is 0 Å². The summed E-state index contributed by atoms with van der Waals surface area (Å²) in [5, 5.41) is 3.40. The van der Waals surface area contributed by atoms with Crippen LogP contribution >= 0.6 is 12.4 Å². The molecule has 6 heteroatoms. The Balaban J connectivity index is 0.00000133. The van der Waals surface area contributed by atoms with E-state index in [1.165, 1.54) is 0 Å². The minimum Gasteiger partial charge on any atom is -0.378 e. The lowest BCUT2D eigenvalue weighted by atomic mass is 9.84. The summed E-state index contributed by atoms with van der Waals surface area (Å²) in [6, 6.07) is 0. The molecule has 3 heterocycles. The maximum absolute atomic E-state index is 12.2. The summed E-state index contributed by atoms with van der Waals surface area (Å²) in [4.78, 5) is 14.1. The summed E-state index contributed by atoms with van der Waals surface area (Å²) < 4.78 is 11.1. The van der Waals surface area contributed by atoms with Gasteiger partial charge in [-0.2, -0.15) is 0 Å². The highest BCUT2D eigenvalue weighted by atomic mass is 35.5. The maximum Gasteiger partial charge on any atom is 0.225 e. The van der Waals surface area contributed by atoms with E-state index in [1.54, 1.807) is 0 Å². The molecule has 3 atom stereocenters. The number of carbonyl (C=O) groups is 1. The van der Waals surface area contributed by atoms with Crippen molar-refractivity contribution in [2.24, 2.45) is 11.8 Å². The van der Waals surface area contributed by atoms with E-state index in [-0.39, 0.29) is 24.4 Å². The number of ether oxygens (including phenoxy) is 2. The summed E-state index contributed by atoms with van der Waals surface area (Å²) in [5.41, 5.74) is 0. The second kappa shape index (κ2) is 6.88. The Morgan fingerprint density at radius 2 is 2.11 bits per heavy atom. The molecule has 0 aliphatic carbocycles. The number of piperidine rings is 1. The molecule has 3 fully saturated rings. The van der Waals surface area contributed by atoms with E-state index in [0.717, 1.165) is 39.2 Å². The molecule has 0 saturated carbocycles. The van der Waals surface area contributed by atoms with Crippen molar-refractivity contribution in [3.8, 4) is 0 Å². The molecule has 3 rings (SSSR count). The molecule has 0 bridgehead atoms. The van der Waals surface area contributed by atoms with E-state index < -0.39 is 0 Å². The zero-order valence-electron chi connectivity index (χ0n) is 11.2. The fourth-order valence-electron chi connectivity index (χ4n) is 3.31. The summed E-state index contributed by atoms with van der Waals surface area (Å²) >= 11 is 0. The minimum atomic E-state index is 0. The normalized spacial score (nSPS) is 34.5. The topological polar surface area (TPSA) is 50.8 Å².